The lowest BCUT2D eigenvalue weighted by molar-refractivity contribution is -0.153. The summed E-state index contributed by atoms with van der Waals surface area (Å²) < 4.78 is 70.7. The molecule has 1 aliphatic heterocycles. The van der Waals surface area contributed by atoms with Gasteiger partial charge in [0.05, 0.1) is 16.4 Å². The van der Waals surface area contributed by atoms with Crippen LogP contribution >= 0.6 is 0 Å². The van der Waals surface area contributed by atoms with Crippen molar-refractivity contribution in [1.29, 1.82) is 0 Å². The normalized spacial score (nSPS) is 16.5. The lowest BCUT2D eigenvalue weighted by Crippen LogP contribution is -2.40. The van der Waals surface area contributed by atoms with E-state index in [4.69, 9.17) is 4.74 Å². The minimum Gasteiger partial charge on any atom is -0.461 e. The molecule has 0 bridgehead atoms. The summed E-state index contributed by atoms with van der Waals surface area (Å²) in [7, 11) is -3.63. The van der Waals surface area contributed by atoms with Crippen LogP contribution < -0.4 is 0 Å². The van der Waals surface area contributed by atoms with Crippen LogP contribution in [0.25, 0.3) is 0 Å². The van der Waals surface area contributed by atoms with Crippen molar-refractivity contribution in [3.05, 3.63) is 65.7 Å². The van der Waals surface area contributed by atoms with Crippen LogP contribution in [0.4, 0.5) is 13.2 Å². The summed E-state index contributed by atoms with van der Waals surface area (Å²) in [6.07, 6.45) is -4.02. The highest BCUT2D eigenvalue weighted by atomic mass is 32.2. The summed E-state index contributed by atoms with van der Waals surface area (Å²) in [4.78, 5) is 12.5. The predicted molar refractivity (Wildman–Crippen MR) is 99.2 cm³/mol. The van der Waals surface area contributed by atoms with Crippen molar-refractivity contribution in [2.45, 2.75) is 30.5 Å². The Bertz CT molecular complexity index is 953. The molecule has 1 heterocycles. The SMILES string of the molecule is O=C(OCc1ccccc1C(F)(F)F)C1CCN(S(=O)(=O)c2ccccc2)CC1. The second-order valence-electron chi connectivity index (χ2n) is 6.75. The molecule has 156 valence electrons. The van der Waals surface area contributed by atoms with E-state index in [2.05, 4.69) is 0 Å². The van der Waals surface area contributed by atoms with Crippen LogP contribution in [0.2, 0.25) is 0 Å². The monoisotopic (exact) mass is 427 g/mol. The number of hydrogen-bond donors (Lipinski definition) is 0. The lowest BCUT2D eigenvalue weighted by Gasteiger charge is -2.30. The Balaban J connectivity index is 1.58. The number of sulfonamides is 1. The van der Waals surface area contributed by atoms with Gasteiger partial charge < -0.3 is 4.74 Å². The van der Waals surface area contributed by atoms with Crippen LogP contribution in [-0.4, -0.2) is 31.8 Å². The Morgan fingerprint density at radius 1 is 1.00 bits per heavy atom. The third-order valence-electron chi connectivity index (χ3n) is 4.86. The smallest absolute Gasteiger partial charge is 0.416 e. The number of ether oxygens (including phenoxy) is 1. The molecule has 3 rings (SSSR count). The molecule has 2 aromatic carbocycles. The number of hydrogen-bond acceptors (Lipinski definition) is 4. The number of alkyl halides is 3. The van der Waals surface area contributed by atoms with Gasteiger partial charge in [0, 0.05) is 18.7 Å². The number of halogens is 3. The summed E-state index contributed by atoms with van der Waals surface area (Å²) in [6.45, 7) is -0.177. The average Bonchev–Trinajstić information content (AvgIpc) is 2.72. The first-order valence-corrected chi connectivity index (χ1v) is 10.5. The van der Waals surface area contributed by atoms with E-state index >= 15 is 0 Å². The second kappa shape index (κ2) is 8.54. The Morgan fingerprint density at radius 3 is 2.21 bits per heavy atom. The van der Waals surface area contributed by atoms with Gasteiger partial charge >= 0.3 is 12.1 Å². The Labute approximate surface area is 167 Å². The molecule has 0 unspecified atom stereocenters. The molecule has 0 N–H and O–H groups in total. The molecule has 0 saturated carbocycles. The number of esters is 1. The molecule has 9 heteroatoms. The van der Waals surface area contributed by atoms with Crippen LogP contribution in [0, 0.1) is 5.92 Å². The number of carbonyl (C=O) groups is 1. The van der Waals surface area contributed by atoms with Crippen molar-refractivity contribution in [2.24, 2.45) is 5.92 Å². The van der Waals surface area contributed by atoms with E-state index in [1.165, 1.54) is 34.6 Å². The third-order valence-corrected chi connectivity index (χ3v) is 6.77. The summed E-state index contributed by atoms with van der Waals surface area (Å²) in [5, 5.41) is 0. The first-order chi connectivity index (χ1) is 13.7. The van der Waals surface area contributed by atoms with Gasteiger partial charge in [-0.2, -0.15) is 17.5 Å². The molecule has 0 radical (unpaired) electrons. The van der Waals surface area contributed by atoms with Crippen LogP contribution in [-0.2, 0) is 32.3 Å². The Hall–Kier alpha value is -2.39. The van der Waals surface area contributed by atoms with Crippen molar-refractivity contribution < 1.29 is 31.1 Å². The van der Waals surface area contributed by atoms with Crippen molar-refractivity contribution in [3.63, 3.8) is 0 Å². The van der Waals surface area contributed by atoms with Gasteiger partial charge in [-0.25, -0.2) is 8.42 Å². The average molecular weight is 427 g/mol. The molecule has 0 spiro atoms. The minimum atomic E-state index is -4.53. The molecule has 29 heavy (non-hydrogen) atoms. The third kappa shape index (κ3) is 4.97. The molecular formula is C20H20F3NO4S. The standard InChI is InChI=1S/C20H20F3NO4S/c21-20(22,23)18-9-5-4-6-16(18)14-28-19(25)15-10-12-24(13-11-15)29(26,27)17-7-2-1-3-8-17/h1-9,15H,10-14H2. The van der Waals surface area contributed by atoms with Gasteiger partial charge in [0.2, 0.25) is 10.0 Å². The van der Waals surface area contributed by atoms with Crippen molar-refractivity contribution in [1.82, 2.24) is 4.31 Å². The number of piperidine rings is 1. The molecule has 0 aromatic heterocycles. The first-order valence-electron chi connectivity index (χ1n) is 9.06. The number of carbonyl (C=O) groups excluding carboxylic acids is 1. The van der Waals surface area contributed by atoms with Gasteiger partial charge in [-0.15, -0.1) is 0 Å². The van der Waals surface area contributed by atoms with Gasteiger partial charge in [0.1, 0.15) is 6.61 Å². The minimum absolute atomic E-state index is 0.113. The highest BCUT2D eigenvalue weighted by molar-refractivity contribution is 7.89. The van der Waals surface area contributed by atoms with Crippen LogP contribution in [0.1, 0.15) is 24.0 Å². The zero-order chi connectivity index (χ0) is 21.1. The van der Waals surface area contributed by atoms with Crippen molar-refractivity contribution >= 4 is 16.0 Å². The molecular weight excluding hydrogens is 407 g/mol. The first kappa shape index (κ1) is 21.3. The lowest BCUT2D eigenvalue weighted by atomic mass is 9.98. The summed E-state index contributed by atoms with van der Waals surface area (Å²) in [5.74, 6) is -1.16. The maximum absolute atomic E-state index is 13.0. The van der Waals surface area contributed by atoms with Crippen LogP contribution in [0.15, 0.2) is 59.5 Å². The maximum atomic E-state index is 13.0. The number of nitrogens with zero attached hydrogens (tertiary/aromatic N) is 1. The second-order valence-corrected chi connectivity index (χ2v) is 8.69. The van der Waals surface area contributed by atoms with Crippen molar-refractivity contribution in [3.8, 4) is 0 Å². The molecule has 0 aliphatic carbocycles. The zero-order valence-electron chi connectivity index (χ0n) is 15.4. The van der Waals surface area contributed by atoms with Crippen LogP contribution in [0.5, 0.6) is 0 Å². The van der Waals surface area contributed by atoms with Gasteiger partial charge in [-0.1, -0.05) is 36.4 Å². The van der Waals surface area contributed by atoms with E-state index in [0.717, 1.165) is 6.07 Å². The number of rotatable bonds is 5. The van der Waals surface area contributed by atoms with E-state index in [1.54, 1.807) is 18.2 Å². The van der Waals surface area contributed by atoms with E-state index in [-0.39, 0.29) is 36.4 Å². The van der Waals surface area contributed by atoms with E-state index < -0.39 is 40.3 Å². The number of benzene rings is 2. The maximum Gasteiger partial charge on any atom is 0.416 e. The molecule has 0 amide bonds. The highest BCUT2D eigenvalue weighted by Crippen LogP contribution is 2.32. The Kier molecular flexibility index (Phi) is 6.28. The highest BCUT2D eigenvalue weighted by Gasteiger charge is 2.35. The molecule has 5 nitrogen and oxygen atoms in total. The molecule has 1 saturated heterocycles. The van der Waals surface area contributed by atoms with E-state index in [0.29, 0.717) is 0 Å². The van der Waals surface area contributed by atoms with Crippen molar-refractivity contribution in [2.75, 3.05) is 13.1 Å². The topological polar surface area (TPSA) is 63.7 Å². The van der Waals surface area contributed by atoms with E-state index in [1.807, 2.05) is 0 Å². The quantitative estimate of drug-likeness (QED) is 0.680. The summed E-state index contributed by atoms with van der Waals surface area (Å²) in [5.41, 5.74) is -0.950. The predicted octanol–water partition coefficient (Wildman–Crippen LogP) is 3.85. The summed E-state index contributed by atoms with van der Waals surface area (Å²) in [6, 6.07) is 12.9. The van der Waals surface area contributed by atoms with Gasteiger partial charge in [0.15, 0.2) is 0 Å². The molecule has 1 fully saturated rings. The largest absolute Gasteiger partial charge is 0.461 e. The summed E-state index contributed by atoms with van der Waals surface area (Å²) >= 11 is 0. The zero-order valence-corrected chi connectivity index (χ0v) is 16.2. The Morgan fingerprint density at radius 2 is 1.59 bits per heavy atom. The molecule has 0 atom stereocenters. The fourth-order valence-corrected chi connectivity index (χ4v) is 4.75. The molecule has 2 aromatic rings. The van der Waals surface area contributed by atoms with E-state index in [9.17, 15) is 26.4 Å². The fraction of sp³-hybridized carbons (Fsp3) is 0.350. The van der Waals surface area contributed by atoms with Gasteiger partial charge in [-0.3, -0.25) is 4.79 Å². The van der Waals surface area contributed by atoms with Gasteiger partial charge in [0.25, 0.3) is 0 Å². The van der Waals surface area contributed by atoms with Gasteiger partial charge in [-0.05, 0) is 31.0 Å². The molecule has 1 aliphatic rings. The fourth-order valence-electron chi connectivity index (χ4n) is 3.26. The van der Waals surface area contributed by atoms with Crippen LogP contribution in [0.3, 0.4) is 0 Å².